The van der Waals surface area contributed by atoms with Crippen LogP contribution in [0.15, 0.2) is 23.8 Å². The van der Waals surface area contributed by atoms with Crippen LogP contribution in [0.3, 0.4) is 0 Å². The van der Waals surface area contributed by atoms with E-state index in [1.807, 2.05) is 26.0 Å². The minimum atomic E-state index is -0.237. The van der Waals surface area contributed by atoms with Crippen molar-refractivity contribution in [3.05, 3.63) is 23.8 Å². The first kappa shape index (κ1) is 6.56. The maximum atomic E-state index is 9.07. The summed E-state index contributed by atoms with van der Waals surface area (Å²) in [6.07, 6.45) is 5.90. The topological polar surface area (TPSA) is 20.2 Å². The van der Waals surface area contributed by atoms with Crippen LogP contribution in [-0.2, 0) is 0 Å². The summed E-state index contributed by atoms with van der Waals surface area (Å²) in [7, 11) is 0. The third-order valence-electron chi connectivity index (χ3n) is 1.59. The fraction of sp³-hybridized carbons (Fsp3) is 0.500. The summed E-state index contributed by atoms with van der Waals surface area (Å²) in [5.41, 5.74) is 1.25. The summed E-state index contributed by atoms with van der Waals surface area (Å²) < 4.78 is 0. The molecule has 0 radical (unpaired) electrons. The summed E-state index contributed by atoms with van der Waals surface area (Å²) in [6, 6.07) is 0. The average Bonchev–Trinajstić information content (AvgIpc) is 2.14. The number of aliphatic hydroxyl groups excluding tert-OH is 1. The van der Waals surface area contributed by atoms with Crippen molar-refractivity contribution in [2.45, 2.75) is 20.0 Å². The van der Waals surface area contributed by atoms with Crippen LogP contribution in [0.25, 0.3) is 0 Å². The summed E-state index contributed by atoms with van der Waals surface area (Å²) in [4.78, 5) is 0. The Labute approximate surface area is 55.7 Å². The minimum absolute atomic E-state index is 0.237. The van der Waals surface area contributed by atoms with Crippen molar-refractivity contribution >= 4 is 0 Å². The Hall–Kier alpha value is -0.560. The SMILES string of the molecule is CC1=CC(C(C)O)C=C1. The molecule has 2 unspecified atom stereocenters. The second-order valence-electron chi connectivity index (χ2n) is 2.59. The largest absolute Gasteiger partial charge is 0.392 e. The van der Waals surface area contributed by atoms with Gasteiger partial charge in [0.05, 0.1) is 6.10 Å². The van der Waals surface area contributed by atoms with Gasteiger partial charge in [0.15, 0.2) is 0 Å². The zero-order chi connectivity index (χ0) is 6.85. The fourth-order valence-corrected chi connectivity index (χ4v) is 0.978. The lowest BCUT2D eigenvalue weighted by Gasteiger charge is -2.06. The van der Waals surface area contributed by atoms with Crippen molar-refractivity contribution < 1.29 is 5.11 Å². The van der Waals surface area contributed by atoms with Crippen LogP contribution in [-0.4, -0.2) is 11.2 Å². The molecule has 50 valence electrons. The molecular formula is C8H12O. The summed E-state index contributed by atoms with van der Waals surface area (Å²) >= 11 is 0. The second kappa shape index (κ2) is 2.36. The Bertz CT molecular complexity index is 154. The number of rotatable bonds is 1. The van der Waals surface area contributed by atoms with Gasteiger partial charge in [-0.3, -0.25) is 0 Å². The van der Waals surface area contributed by atoms with Crippen LogP contribution in [0.2, 0.25) is 0 Å². The maximum absolute atomic E-state index is 9.07. The predicted molar refractivity (Wildman–Crippen MR) is 38.1 cm³/mol. The van der Waals surface area contributed by atoms with Gasteiger partial charge in [0.1, 0.15) is 0 Å². The van der Waals surface area contributed by atoms with E-state index in [0.717, 1.165) is 0 Å². The Kier molecular flexibility index (Phi) is 1.72. The lowest BCUT2D eigenvalue weighted by Crippen LogP contribution is -2.09. The smallest absolute Gasteiger partial charge is 0.0609 e. The Morgan fingerprint density at radius 1 is 1.67 bits per heavy atom. The van der Waals surface area contributed by atoms with Gasteiger partial charge in [0, 0.05) is 5.92 Å². The molecule has 9 heavy (non-hydrogen) atoms. The molecule has 0 aromatic heterocycles. The van der Waals surface area contributed by atoms with E-state index < -0.39 is 0 Å². The molecule has 1 rings (SSSR count). The summed E-state index contributed by atoms with van der Waals surface area (Å²) in [5, 5.41) is 9.07. The van der Waals surface area contributed by atoms with Crippen molar-refractivity contribution in [1.29, 1.82) is 0 Å². The van der Waals surface area contributed by atoms with Gasteiger partial charge in [-0.2, -0.15) is 0 Å². The number of allylic oxidation sites excluding steroid dienone is 2. The molecule has 1 nitrogen and oxygen atoms in total. The van der Waals surface area contributed by atoms with Gasteiger partial charge in [-0.25, -0.2) is 0 Å². The third kappa shape index (κ3) is 1.42. The fourth-order valence-electron chi connectivity index (χ4n) is 0.978. The lowest BCUT2D eigenvalue weighted by atomic mass is 10.1. The highest BCUT2D eigenvalue weighted by atomic mass is 16.3. The molecule has 1 aliphatic carbocycles. The van der Waals surface area contributed by atoms with E-state index in [4.69, 9.17) is 5.11 Å². The molecule has 0 bridgehead atoms. The van der Waals surface area contributed by atoms with Crippen molar-refractivity contribution in [2.24, 2.45) is 5.92 Å². The monoisotopic (exact) mass is 124 g/mol. The second-order valence-corrected chi connectivity index (χ2v) is 2.59. The molecular weight excluding hydrogens is 112 g/mol. The van der Waals surface area contributed by atoms with Crippen LogP contribution in [0.4, 0.5) is 0 Å². The van der Waals surface area contributed by atoms with Crippen molar-refractivity contribution in [3.8, 4) is 0 Å². The Balaban J connectivity index is 2.59. The molecule has 1 heteroatoms. The first-order chi connectivity index (χ1) is 4.20. The molecule has 0 amide bonds. The van der Waals surface area contributed by atoms with E-state index in [9.17, 15) is 0 Å². The highest BCUT2D eigenvalue weighted by Crippen LogP contribution is 2.17. The zero-order valence-corrected chi connectivity index (χ0v) is 5.83. The normalized spacial score (nSPS) is 28.3. The van der Waals surface area contributed by atoms with Crippen LogP contribution in [0, 0.1) is 5.92 Å². The van der Waals surface area contributed by atoms with Crippen LogP contribution in [0.1, 0.15) is 13.8 Å². The van der Waals surface area contributed by atoms with E-state index in [1.165, 1.54) is 5.57 Å². The number of hydrogen-bond acceptors (Lipinski definition) is 1. The molecule has 0 saturated heterocycles. The van der Waals surface area contributed by atoms with Crippen molar-refractivity contribution in [3.63, 3.8) is 0 Å². The number of aliphatic hydroxyl groups is 1. The Morgan fingerprint density at radius 3 is 2.56 bits per heavy atom. The molecule has 1 N–H and O–H groups in total. The van der Waals surface area contributed by atoms with Crippen LogP contribution >= 0.6 is 0 Å². The molecule has 2 atom stereocenters. The minimum Gasteiger partial charge on any atom is -0.392 e. The van der Waals surface area contributed by atoms with E-state index in [0.29, 0.717) is 0 Å². The molecule has 0 fully saturated rings. The molecule has 0 saturated carbocycles. The van der Waals surface area contributed by atoms with Gasteiger partial charge in [-0.15, -0.1) is 0 Å². The van der Waals surface area contributed by atoms with Gasteiger partial charge in [0.25, 0.3) is 0 Å². The maximum Gasteiger partial charge on any atom is 0.0609 e. The van der Waals surface area contributed by atoms with E-state index in [2.05, 4.69) is 6.08 Å². The van der Waals surface area contributed by atoms with Crippen LogP contribution < -0.4 is 0 Å². The van der Waals surface area contributed by atoms with E-state index >= 15 is 0 Å². The van der Waals surface area contributed by atoms with Gasteiger partial charge >= 0.3 is 0 Å². The van der Waals surface area contributed by atoms with Gasteiger partial charge in [-0.1, -0.05) is 23.8 Å². The first-order valence-corrected chi connectivity index (χ1v) is 3.25. The Morgan fingerprint density at radius 2 is 2.33 bits per heavy atom. The van der Waals surface area contributed by atoms with Gasteiger partial charge < -0.3 is 5.11 Å². The highest BCUT2D eigenvalue weighted by molar-refractivity contribution is 5.27. The molecule has 0 aliphatic heterocycles. The summed E-state index contributed by atoms with van der Waals surface area (Å²) in [5.74, 6) is 0.255. The molecule has 1 aliphatic rings. The van der Waals surface area contributed by atoms with E-state index in [1.54, 1.807) is 0 Å². The molecule has 0 aromatic rings. The predicted octanol–water partition coefficient (Wildman–Crippen LogP) is 1.50. The van der Waals surface area contributed by atoms with Gasteiger partial charge in [0.2, 0.25) is 0 Å². The molecule has 0 aromatic carbocycles. The highest BCUT2D eigenvalue weighted by Gasteiger charge is 2.11. The third-order valence-corrected chi connectivity index (χ3v) is 1.59. The lowest BCUT2D eigenvalue weighted by molar-refractivity contribution is 0.169. The van der Waals surface area contributed by atoms with Gasteiger partial charge in [-0.05, 0) is 13.8 Å². The zero-order valence-electron chi connectivity index (χ0n) is 5.83. The van der Waals surface area contributed by atoms with Crippen molar-refractivity contribution in [2.75, 3.05) is 0 Å². The molecule has 0 spiro atoms. The van der Waals surface area contributed by atoms with Crippen LogP contribution in [0.5, 0.6) is 0 Å². The van der Waals surface area contributed by atoms with E-state index in [-0.39, 0.29) is 12.0 Å². The summed E-state index contributed by atoms with van der Waals surface area (Å²) in [6.45, 7) is 3.85. The average molecular weight is 124 g/mol. The standard InChI is InChI=1S/C8H12O/c1-6-3-4-8(5-6)7(2)9/h3-5,7-9H,1-2H3. The van der Waals surface area contributed by atoms with Crippen molar-refractivity contribution in [1.82, 2.24) is 0 Å². The molecule has 0 heterocycles. The number of hydrogen-bond donors (Lipinski definition) is 1. The quantitative estimate of drug-likeness (QED) is 0.561. The first-order valence-electron chi connectivity index (χ1n) is 3.25.